The molecule has 3 rings (SSSR count). The van der Waals surface area contributed by atoms with E-state index in [-0.39, 0.29) is 12.5 Å². The van der Waals surface area contributed by atoms with Crippen molar-refractivity contribution in [2.75, 3.05) is 5.32 Å². The Morgan fingerprint density at radius 1 is 1.40 bits per heavy atom. The van der Waals surface area contributed by atoms with Crippen molar-refractivity contribution in [3.05, 3.63) is 63.2 Å². The number of aromatic nitrogens is 4. The summed E-state index contributed by atoms with van der Waals surface area (Å²) < 4.78 is 17.6. The summed E-state index contributed by atoms with van der Waals surface area (Å²) in [6.07, 6.45) is 3.21. The van der Waals surface area contributed by atoms with E-state index in [2.05, 4.69) is 31.4 Å². The van der Waals surface area contributed by atoms with Crippen molar-refractivity contribution in [2.45, 2.75) is 20.0 Å². The Bertz CT molecular complexity index is 903. The van der Waals surface area contributed by atoms with E-state index in [4.69, 9.17) is 11.6 Å². The third kappa shape index (κ3) is 3.74. The molecule has 0 bridgehead atoms. The fourth-order valence-electron chi connectivity index (χ4n) is 2.36. The molecule has 0 fully saturated rings. The molecule has 0 aliphatic heterocycles. The molecule has 0 aliphatic carbocycles. The Hall–Kier alpha value is -2.19. The van der Waals surface area contributed by atoms with Crippen LogP contribution in [0.5, 0.6) is 0 Å². The zero-order valence-electron chi connectivity index (χ0n) is 13.2. The van der Waals surface area contributed by atoms with E-state index in [1.807, 2.05) is 6.92 Å². The van der Waals surface area contributed by atoms with Crippen molar-refractivity contribution in [3.8, 4) is 0 Å². The average molecular weight is 427 g/mol. The zero-order chi connectivity index (χ0) is 18.0. The van der Waals surface area contributed by atoms with Gasteiger partial charge in [-0.3, -0.25) is 14.2 Å². The van der Waals surface area contributed by atoms with E-state index in [0.29, 0.717) is 33.1 Å². The lowest BCUT2D eigenvalue weighted by Crippen LogP contribution is -2.18. The van der Waals surface area contributed by atoms with Crippen molar-refractivity contribution in [3.63, 3.8) is 0 Å². The number of amides is 1. The molecule has 6 nitrogen and oxygen atoms in total. The van der Waals surface area contributed by atoms with Crippen molar-refractivity contribution >= 4 is 39.3 Å². The van der Waals surface area contributed by atoms with E-state index in [0.717, 1.165) is 0 Å². The van der Waals surface area contributed by atoms with Gasteiger partial charge in [-0.15, -0.1) is 0 Å². The summed E-state index contributed by atoms with van der Waals surface area (Å²) in [5.74, 6) is -0.396. The molecule has 2 aromatic heterocycles. The molecule has 25 heavy (non-hydrogen) atoms. The number of rotatable bonds is 5. The quantitative estimate of drug-likeness (QED) is 0.672. The highest BCUT2D eigenvalue weighted by Gasteiger charge is 2.16. The molecular formula is C16H14BrClFN5O. The molecule has 0 radical (unpaired) electrons. The van der Waals surface area contributed by atoms with Gasteiger partial charge in [0, 0.05) is 29.5 Å². The minimum Gasteiger partial charge on any atom is -0.303 e. The summed E-state index contributed by atoms with van der Waals surface area (Å²) in [7, 11) is 0. The lowest BCUT2D eigenvalue weighted by Gasteiger charge is -2.06. The van der Waals surface area contributed by atoms with E-state index >= 15 is 0 Å². The molecular weight excluding hydrogens is 413 g/mol. The van der Waals surface area contributed by atoms with E-state index in [9.17, 15) is 9.18 Å². The second kappa shape index (κ2) is 7.37. The highest BCUT2D eigenvalue weighted by molar-refractivity contribution is 9.10. The largest absolute Gasteiger partial charge is 0.303 e. The van der Waals surface area contributed by atoms with E-state index < -0.39 is 5.82 Å². The zero-order valence-corrected chi connectivity index (χ0v) is 15.6. The normalized spacial score (nSPS) is 10.9. The molecule has 130 valence electrons. The van der Waals surface area contributed by atoms with Gasteiger partial charge in [0.2, 0.25) is 0 Å². The van der Waals surface area contributed by atoms with Crippen LogP contribution in [-0.2, 0) is 13.1 Å². The third-order valence-electron chi connectivity index (χ3n) is 3.58. The highest BCUT2D eigenvalue weighted by atomic mass is 79.9. The summed E-state index contributed by atoms with van der Waals surface area (Å²) in [4.78, 5) is 12.4. The number of hydrogen-bond donors (Lipinski definition) is 1. The van der Waals surface area contributed by atoms with Gasteiger partial charge in [-0.1, -0.05) is 17.7 Å². The second-order valence-electron chi connectivity index (χ2n) is 5.21. The van der Waals surface area contributed by atoms with Gasteiger partial charge < -0.3 is 5.32 Å². The number of anilines is 1. The Morgan fingerprint density at radius 3 is 2.92 bits per heavy atom. The molecule has 0 unspecified atom stereocenters. The first kappa shape index (κ1) is 17.6. The van der Waals surface area contributed by atoms with Crippen LogP contribution in [0, 0.1) is 5.82 Å². The molecule has 9 heteroatoms. The molecule has 0 aliphatic rings. The monoisotopic (exact) mass is 425 g/mol. The maximum atomic E-state index is 13.9. The van der Waals surface area contributed by atoms with Crippen LogP contribution in [0.4, 0.5) is 10.2 Å². The summed E-state index contributed by atoms with van der Waals surface area (Å²) in [5.41, 5.74) is 0.766. The third-order valence-corrected chi connectivity index (χ3v) is 4.51. The first-order chi connectivity index (χ1) is 12.0. The van der Waals surface area contributed by atoms with Gasteiger partial charge in [0.15, 0.2) is 5.82 Å². The summed E-state index contributed by atoms with van der Waals surface area (Å²) in [6.45, 7) is 2.62. The number of nitrogens with zero attached hydrogens (tertiary/aromatic N) is 4. The van der Waals surface area contributed by atoms with Crippen LogP contribution in [0.25, 0.3) is 0 Å². The van der Waals surface area contributed by atoms with Crippen LogP contribution in [0.1, 0.15) is 23.0 Å². The number of carbonyl (C=O) groups excluding carboxylic acids is 1. The van der Waals surface area contributed by atoms with Crippen LogP contribution in [-0.4, -0.2) is 25.5 Å². The predicted octanol–water partition coefficient (Wildman–Crippen LogP) is 3.96. The minimum atomic E-state index is -0.406. The number of aryl methyl sites for hydroxylation is 1. The smallest absolute Gasteiger partial charge is 0.275 e. The van der Waals surface area contributed by atoms with Gasteiger partial charge in [-0.2, -0.15) is 10.2 Å². The van der Waals surface area contributed by atoms with Crippen molar-refractivity contribution in [2.24, 2.45) is 0 Å². The Kier molecular flexibility index (Phi) is 5.19. The standard InChI is InChI=1S/C16H14BrClFN5O/c1-2-24-14(6-7-20-24)16(25)21-15-11(17)9-23(22-15)8-10-12(18)4-3-5-13(10)19/h3-7,9H,2,8H2,1H3,(H,21,22,25). The number of halogens is 3. The van der Waals surface area contributed by atoms with Gasteiger partial charge in [0.05, 0.1) is 11.0 Å². The Morgan fingerprint density at radius 2 is 2.20 bits per heavy atom. The predicted molar refractivity (Wildman–Crippen MR) is 96.3 cm³/mol. The first-order valence-corrected chi connectivity index (χ1v) is 8.65. The first-order valence-electron chi connectivity index (χ1n) is 7.48. The molecule has 3 aromatic rings. The molecule has 0 spiro atoms. The number of benzene rings is 1. The topological polar surface area (TPSA) is 64.7 Å². The second-order valence-corrected chi connectivity index (χ2v) is 6.47. The number of nitrogens with one attached hydrogen (secondary N) is 1. The van der Waals surface area contributed by atoms with Crippen LogP contribution >= 0.6 is 27.5 Å². The van der Waals surface area contributed by atoms with Gasteiger partial charge >= 0.3 is 0 Å². The molecule has 0 saturated heterocycles. The van der Waals surface area contributed by atoms with Gasteiger partial charge in [-0.25, -0.2) is 4.39 Å². The van der Waals surface area contributed by atoms with Crippen molar-refractivity contribution in [1.82, 2.24) is 19.6 Å². The maximum absolute atomic E-state index is 13.9. The molecule has 2 heterocycles. The SMILES string of the molecule is CCn1nccc1C(=O)Nc1nn(Cc2c(F)cccc2Cl)cc1Br. The van der Waals surface area contributed by atoms with Crippen LogP contribution in [0.3, 0.4) is 0 Å². The van der Waals surface area contributed by atoms with E-state index in [1.54, 1.807) is 35.3 Å². The molecule has 0 atom stereocenters. The summed E-state index contributed by atoms with van der Waals surface area (Å²) >= 11 is 9.39. The summed E-state index contributed by atoms with van der Waals surface area (Å²) in [5, 5.41) is 11.4. The minimum absolute atomic E-state index is 0.146. The fourth-order valence-corrected chi connectivity index (χ4v) is 2.99. The maximum Gasteiger partial charge on any atom is 0.275 e. The Balaban J connectivity index is 1.80. The molecule has 1 amide bonds. The van der Waals surface area contributed by atoms with Gasteiger partial charge in [-0.05, 0) is 41.1 Å². The highest BCUT2D eigenvalue weighted by Crippen LogP contribution is 2.24. The number of carbonyl (C=O) groups is 1. The van der Waals surface area contributed by atoms with Crippen LogP contribution in [0.15, 0.2) is 41.1 Å². The molecule has 0 saturated carbocycles. The number of hydrogen-bond acceptors (Lipinski definition) is 3. The van der Waals surface area contributed by atoms with Crippen LogP contribution in [0.2, 0.25) is 5.02 Å². The summed E-state index contributed by atoms with van der Waals surface area (Å²) in [6, 6.07) is 6.13. The van der Waals surface area contributed by atoms with Crippen molar-refractivity contribution < 1.29 is 9.18 Å². The lowest BCUT2D eigenvalue weighted by atomic mass is 10.2. The van der Waals surface area contributed by atoms with Gasteiger partial charge in [0.1, 0.15) is 11.5 Å². The van der Waals surface area contributed by atoms with E-state index in [1.165, 1.54) is 10.7 Å². The molecule has 1 N–H and O–H groups in total. The van der Waals surface area contributed by atoms with Crippen LogP contribution < -0.4 is 5.32 Å². The lowest BCUT2D eigenvalue weighted by molar-refractivity contribution is 0.101. The van der Waals surface area contributed by atoms with Crippen molar-refractivity contribution in [1.29, 1.82) is 0 Å². The van der Waals surface area contributed by atoms with Gasteiger partial charge in [0.25, 0.3) is 5.91 Å². The fraction of sp³-hybridized carbons (Fsp3) is 0.188. The average Bonchev–Trinajstić information content (AvgIpc) is 3.18. The Labute approximate surface area is 156 Å². The molecule has 1 aromatic carbocycles.